The molecule has 6 rings (SSSR count). The fraction of sp³-hybridized carbons (Fsp3) is 0.0270. The van der Waals surface area contributed by atoms with Gasteiger partial charge in [-0.05, 0) is 108 Å². The monoisotopic (exact) mass is 600 g/mol. The van der Waals surface area contributed by atoms with Gasteiger partial charge in [-0.2, -0.15) is 0 Å². The number of hydrogen-bond acceptors (Lipinski definition) is 6. The lowest BCUT2D eigenvalue weighted by atomic mass is 10.1. The van der Waals surface area contributed by atoms with Gasteiger partial charge in [0.05, 0.1) is 16.9 Å². The molecule has 218 valence electrons. The molecule has 6 aromatic rings. The van der Waals surface area contributed by atoms with E-state index in [0.717, 1.165) is 22.6 Å². The van der Waals surface area contributed by atoms with E-state index in [2.05, 4.69) is 0 Å². The first-order chi connectivity index (χ1) is 21.5. The molecule has 0 aliphatic heterocycles. The summed E-state index contributed by atoms with van der Waals surface area (Å²) in [5.41, 5.74) is 2.12. The van der Waals surface area contributed by atoms with E-state index in [1.807, 2.05) is 97.1 Å². The van der Waals surface area contributed by atoms with E-state index >= 15 is 0 Å². The molecule has 0 aromatic heterocycles. The molecule has 0 radical (unpaired) electrons. The summed E-state index contributed by atoms with van der Waals surface area (Å²) in [7, 11) is -2.13. The fourth-order valence-electron chi connectivity index (χ4n) is 4.51. The van der Waals surface area contributed by atoms with E-state index < -0.39 is 9.84 Å². The van der Waals surface area contributed by atoms with Gasteiger partial charge in [0.25, 0.3) is 0 Å². The Morgan fingerprint density at radius 1 is 0.386 bits per heavy atom. The van der Waals surface area contributed by atoms with Crippen LogP contribution in [0.25, 0.3) is 11.1 Å². The first kappa shape index (κ1) is 28.6. The first-order valence-corrected chi connectivity index (χ1v) is 15.3. The second kappa shape index (κ2) is 12.8. The number of para-hydroxylation sites is 1. The minimum atomic E-state index is -3.67. The van der Waals surface area contributed by atoms with Crippen LogP contribution in [0.15, 0.2) is 161 Å². The Balaban J connectivity index is 1.08. The summed E-state index contributed by atoms with van der Waals surface area (Å²) >= 11 is 0. The van der Waals surface area contributed by atoms with Crippen molar-refractivity contribution in [2.75, 3.05) is 7.11 Å². The summed E-state index contributed by atoms with van der Waals surface area (Å²) in [6.45, 7) is 0. The maximum atomic E-state index is 13.0. The maximum Gasteiger partial charge on any atom is 0.206 e. The Hall–Kier alpha value is -5.53. The average Bonchev–Trinajstić information content (AvgIpc) is 3.06. The van der Waals surface area contributed by atoms with Gasteiger partial charge >= 0.3 is 0 Å². The molecule has 0 bridgehead atoms. The van der Waals surface area contributed by atoms with Crippen molar-refractivity contribution in [3.63, 3.8) is 0 Å². The molecular formula is C37H28O6S. The summed E-state index contributed by atoms with van der Waals surface area (Å²) < 4.78 is 49.0. The largest absolute Gasteiger partial charge is 0.497 e. The van der Waals surface area contributed by atoms with Gasteiger partial charge in [0.15, 0.2) is 0 Å². The average molecular weight is 601 g/mol. The van der Waals surface area contributed by atoms with E-state index in [4.69, 9.17) is 18.9 Å². The van der Waals surface area contributed by atoms with Crippen molar-refractivity contribution in [1.82, 2.24) is 0 Å². The van der Waals surface area contributed by atoms with Crippen molar-refractivity contribution in [3.8, 4) is 51.4 Å². The highest BCUT2D eigenvalue weighted by Gasteiger charge is 2.18. The Kier molecular flexibility index (Phi) is 8.30. The summed E-state index contributed by atoms with van der Waals surface area (Å²) in [4.78, 5) is 0.364. The van der Waals surface area contributed by atoms with Gasteiger partial charge in [0.1, 0.15) is 40.2 Å². The number of hydrogen-bond donors (Lipinski definition) is 0. The van der Waals surface area contributed by atoms with Crippen LogP contribution in [0.3, 0.4) is 0 Å². The van der Waals surface area contributed by atoms with Gasteiger partial charge in [-0.15, -0.1) is 0 Å². The van der Waals surface area contributed by atoms with Crippen LogP contribution in [0.5, 0.6) is 40.2 Å². The zero-order valence-corrected chi connectivity index (χ0v) is 24.6. The van der Waals surface area contributed by atoms with Crippen molar-refractivity contribution in [2.24, 2.45) is 0 Å². The molecule has 44 heavy (non-hydrogen) atoms. The van der Waals surface area contributed by atoms with E-state index in [-0.39, 0.29) is 9.79 Å². The van der Waals surface area contributed by atoms with Gasteiger partial charge in [-0.25, -0.2) is 8.42 Å². The first-order valence-electron chi connectivity index (χ1n) is 13.8. The summed E-state index contributed by atoms with van der Waals surface area (Å²) in [6, 6.07) is 45.3. The van der Waals surface area contributed by atoms with E-state index in [0.29, 0.717) is 28.7 Å². The van der Waals surface area contributed by atoms with Crippen molar-refractivity contribution in [2.45, 2.75) is 9.79 Å². The molecule has 0 aliphatic carbocycles. The molecule has 0 amide bonds. The molecule has 0 saturated heterocycles. The standard InChI is InChI=1S/C37H28O6S/c1-40-29-18-22-36(23-19-29)44(38,39)37-24-20-33(21-25-37)43-35-9-5-8-34(26-35)42-32-16-12-28(13-17-32)27-10-14-31(15-11-27)41-30-6-3-2-4-7-30/h2-26H,1H3. The SMILES string of the molecule is COc1ccc(S(=O)(=O)c2ccc(Oc3cccc(Oc4ccc(-c5ccc(Oc6ccccc6)cc5)cc4)c3)cc2)cc1. The van der Waals surface area contributed by atoms with Crippen molar-refractivity contribution in [3.05, 3.63) is 152 Å². The van der Waals surface area contributed by atoms with Crippen molar-refractivity contribution >= 4 is 9.84 Å². The minimum Gasteiger partial charge on any atom is -0.497 e. The second-order valence-corrected chi connectivity index (χ2v) is 11.7. The Bertz CT molecular complexity index is 1940. The second-order valence-electron chi connectivity index (χ2n) is 9.79. The van der Waals surface area contributed by atoms with Crippen molar-refractivity contribution < 1.29 is 27.4 Å². The van der Waals surface area contributed by atoms with Crippen LogP contribution < -0.4 is 18.9 Å². The summed E-state index contributed by atoms with van der Waals surface area (Å²) in [5.74, 6) is 4.51. The lowest BCUT2D eigenvalue weighted by Gasteiger charge is -2.11. The van der Waals surface area contributed by atoms with Gasteiger partial charge in [0.2, 0.25) is 9.84 Å². The Morgan fingerprint density at radius 2 is 0.750 bits per heavy atom. The van der Waals surface area contributed by atoms with E-state index in [9.17, 15) is 8.42 Å². The van der Waals surface area contributed by atoms with Crippen LogP contribution >= 0.6 is 0 Å². The van der Waals surface area contributed by atoms with Crippen LogP contribution in [0.1, 0.15) is 0 Å². The molecule has 0 atom stereocenters. The van der Waals surface area contributed by atoms with E-state index in [1.54, 1.807) is 30.3 Å². The number of ether oxygens (including phenoxy) is 4. The van der Waals surface area contributed by atoms with Crippen molar-refractivity contribution in [1.29, 1.82) is 0 Å². The predicted octanol–water partition coefficient (Wildman–Crippen LogP) is 9.57. The molecule has 0 saturated carbocycles. The van der Waals surface area contributed by atoms with Crippen LogP contribution in [-0.4, -0.2) is 15.5 Å². The highest BCUT2D eigenvalue weighted by molar-refractivity contribution is 7.91. The third-order valence-electron chi connectivity index (χ3n) is 6.80. The summed E-state index contributed by atoms with van der Waals surface area (Å²) in [6.07, 6.45) is 0. The molecule has 6 nitrogen and oxygen atoms in total. The fourth-order valence-corrected chi connectivity index (χ4v) is 5.77. The predicted molar refractivity (Wildman–Crippen MR) is 170 cm³/mol. The van der Waals surface area contributed by atoms with Gasteiger partial charge in [0, 0.05) is 6.07 Å². The normalized spacial score (nSPS) is 11.0. The molecule has 0 aliphatic rings. The summed E-state index contributed by atoms with van der Waals surface area (Å²) in [5, 5.41) is 0. The Morgan fingerprint density at radius 3 is 1.20 bits per heavy atom. The molecule has 0 fully saturated rings. The van der Waals surface area contributed by atoms with Gasteiger partial charge < -0.3 is 18.9 Å². The number of rotatable bonds is 10. The molecule has 0 spiro atoms. The topological polar surface area (TPSA) is 71.1 Å². The third kappa shape index (κ3) is 6.75. The van der Waals surface area contributed by atoms with Crippen LogP contribution in [-0.2, 0) is 9.84 Å². The lowest BCUT2D eigenvalue weighted by molar-refractivity contribution is 0.414. The molecule has 7 heteroatoms. The van der Waals surface area contributed by atoms with Crippen LogP contribution in [0, 0.1) is 0 Å². The zero-order chi connectivity index (χ0) is 30.4. The highest BCUT2D eigenvalue weighted by Crippen LogP contribution is 2.32. The number of benzene rings is 6. The number of methoxy groups -OCH3 is 1. The third-order valence-corrected chi connectivity index (χ3v) is 8.59. The maximum absolute atomic E-state index is 13.0. The Labute approximate surface area is 256 Å². The molecule has 0 heterocycles. The van der Waals surface area contributed by atoms with Crippen LogP contribution in [0.2, 0.25) is 0 Å². The van der Waals surface area contributed by atoms with Gasteiger partial charge in [-0.1, -0.05) is 48.5 Å². The smallest absolute Gasteiger partial charge is 0.206 e. The van der Waals surface area contributed by atoms with Crippen LogP contribution in [0.4, 0.5) is 0 Å². The quantitative estimate of drug-likeness (QED) is 0.156. The molecule has 0 unspecified atom stereocenters. The molecular weight excluding hydrogens is 572 g/mol. The van der Waals surface area contributed by atoms with E-state index in [1.165, 1.54) is 31.4 Å². The lowest BCUT2D eigenvalue weighted by Crippen LogP contribution is -2.01. The highest BCUT2D eigenvalue weighted by atomic mass is 32.2. The molecule has 6 aromatic carbocycles. The number of sulfone groups is 1. The molecule has 0 N–H and O–H groups in total. The minimum absolute atomic E-state index is 0.173. The zero-order valence-electron chi connectivity index (χ0n) is 23.8. The van der Waals surface area contributed by atoms with Gasteiger partial charge in [-0.3, -0.25) is 0 Å².